The average Bonchev–Trinajstić information content (AvgIpc) is 2.87. The molecule has 0 aliphatic carbocycles. The van der Waals surface area contributed by atoms with Crippen molar-refractivity contribution in [2.45, 2.75) is 18.8 Å². The van der Waals surface area contributed by atoms with Crippen LogP contribution in [0.5, 0.6) is 0 Å². The van der Waals surface area contributed by atoms with Gasteiger partial charge in [-0.15, -0.1) is 0 Å². The second kappa shape index (κ2) is 4.31. The molecule has 1 aromatic carbocycles. The van der Waals surface area contributed by atoms with Gasteiger partial charge in [-0.1, -0.05) is 6.07 Å². The van der Waals surface area contributed by atoms with Gasteiger partial charge in [0.1, 0.15) is 0 Å². The number of benzene rings is 1. The minimum Gasteiger partial charge on any atom is -0.345 e. The van der Waals surface area contributed by atoms with Crippen LogP contribution in [-0.2, 0) is 5.92 Å². The summed E-state index contributed by atoms with van der Waals surface area (Å²) >= 11 is 0. The monoisotopic (exact) mass is 251 g/mol. The Balaban J connectivity index is 1.95. The predicted octanol–water partition coefficient (Wildman–Crippen LogP) is 2.65. The minimum absolute atomic E-state index is 0.0768. The molecule has 2 N–H and O–H groups in total. The molecule has 1 unspecified atom stereocenters. The molecule has 1 fully saturated rings. The summed E-state index contributed by atoms with van der Waals surface area (Å²) in [6, 6.07) is 4.64. The molecular weight excluding hydrogens is 236 g/mol. The zero-order chi connectivity index (χ0) is 12.6. The molecule has 2 aromatic rings. The van der Waals surface area contributed by atoms with E-state index in [4.69, 9.17) is 0 Å². The number of nitrogens with zero attached hydrogens (tertiary/aromatic N) is 1. The molecule has 0 radical (unpaired) electrons. The molecule has 0 saturated carbocycles. The van der Waals surface area contributed by atoms with Crippen molar-refractivity contribution in [3.8, 4) is 0 Å². The lowest BCUT2D eigenvalue weighted by molar-refractivity contribution is -0.0723. The van der Waals surface area contributed by atoms with Crippen molar-refractivity contribution in [2.24, 2.45) is 5.92 Å². The molecule has 5 heteroatoms. The van der Waals surface area contributed by atoms with Crippen molar-refractivity contribution >= 4 is 11.0 Å². The molecule has 0 amide bonds. The summed E-state index contributed by atoms with van der Waals surface area (Å²) in [5.74, 6) is -3.40. The van der Waals surface area contributed by atoms with Crippen LogP contribution >= 0.6 is 0 Å². The Morgan fingerprint density at radius 2 is 2.22 bits per heavy atom. The number of aromatic amines is 1. The highest BCUT2D eigenvalue weighted by atomic mass is 19.3. The van der Waals surface area contributed by atoms with Crippen LogP contribution < -0.4 is 5.32 Å². The third kappa shape index (κ3) is 1.88. The van der Waals surface area contributed by atoms with E-state index >= 15 is 0 Å². The fourth-order valence-electron chi connectivity index (χ4n) is 2.54. The maximum Gasteiger partial charge on any atom is 0.277 e. The Morgan fingerprint density at radius 3 is 3.00 bits per heavy atom. The van der Waals surface area contributed by atoms with Crippen LogP contribution in [0.2, 0.25) is 0 Å². The summed E-state index contributed by atoms with van der Waals surface area (Å²) in [5.41, 5.74) is 1.46. The predicted molar refractivity (Wildman–Crippen MR) is 65.6 cm³/mol. The van der Waals surface area contributed by atoms with Crippen molar-refractivity contribution in [1.82, 2.24) is 15.3 Å². The number of aromatic nitrogens is 2. The van der Waals surface area contributed by atoms with E-state index in [0.717, 1.165) is 18.5 Å². The Labute approximate surface area is 104 Å². The van der Waals surface area contributed by atoms with E-state index in [1.54, 1.807) is 6.07 Å². The summed E-state index contributed by atoms with van der Waals surface area (Å²) in [7, 11) is 0. The van der Waals surface area contributed by atoms with Gasteiger partial charge in [0.2, 0.25) is 0 Å². The molecule has 96 valence electrons. The van der Waals surface area contributed by atoms with E-state index in [0.29, 0.717) is 18.5 Å². The van der Waals surface area contributed by atoms with E-state index in [2.05, 4.69) is 15.3 Å². The molecule has 1 atom stereocenters. The second-order valence-corrected chi connectivity index (χ2v) is 4.80. The van der Waals surface area contributed by atoms with Gasteiger partial charge in [0.25, 0.3) is 5.92 Å². The van der Waals surface area contributed by atoms with E-state index < -0.39 is 11.8 Å². The molecule has 0 bridgehead atoms. The van der Waals surface area contributed by atoms with Gasteiger partial charge in [0, 0.05) is 18.0 Å². The van der Waals surface area contributed by atoms with Crippen LogP contribution in [0.25, 0.3) is 11.0 Å². The fraction of sp³-hybridized carbons (Fsp3) is 0.462. The van der Waals surface area contributed by atoms with Crippen LogP contribution in [0, 0.1) is 5.92 Å². The first kappa shape index (κ1) is 11.6. The normalized spacial score (nSPS) is 21.3. The van der Waals surface area contributed by atoms with Crippen molar-refractivity contribution in [3.05, 3.63) is 30.1 Å². The van der Waals surface area contributed by atoms with Gasteiger partial charge in [0.15, 0.2) is 0 Å². The lowest BCUT2D eigenvalue weighted by atomic mass is 9.88. The van der Waals surface area contributed by atoms with E-state index in [-0.39, 0.29) is 5.56 Å². The van der Waals surface area contributed by atoms with E-state index in [1.807, 2.05) is 0 Å². The third-order valence-electron chi connectivity index (χ3n) is 3.61. The first-order valence-corrected chi connectivity index (χ1v) is 6.20. The summed E-state index contributed by atoms with van der Waals surface area (Å²) < 4.78 is 28.8. The Bertz CT molecular complexity index is 544. The number of imidazole rings is 1. The molecule has 1 saturated heterocycles. The fourth-order valence-corrected chi connectivity index (χ4v) is 2.54. The van der Waals surface area contributed by atoms with Crippen LogP contribution in [0.1, 0.15) is 18.4 Å². The Morgan fingerprint density at radius 1 is 1.33 bits per heavy atom. The van der Waals surface area contributed by atoms with Gasteiger partial charge in [-0.05, 0) is 31.5 Å². The van der Waals surface area contributed by atoms with Gasteiger partial charge >= 0.3 is 0 Å². The Kier molecular flexibility index (Phi) is 2.78. The number of hydrogen-bond acceptors (Lipinski definition) is 2. The van der Waals surface area contributed by atoms with Gasteiger partial charge < -0.3 is 10.3 Å². The molecule has 18 heavy (non-hydrogen) atoms. The number of nitrogens with one attached hydrogen (secondary N) is 2. The number of rotatable bonds is 2. The first-order valence-electron chi connectivity index (χ1n) is 6.20. The van der Waals surface area contributed by atoms with Crippen LogP contribution in [0.4, 0.5) is 8.78 Å². The number of fused-ring (bicyclic) bond motifs is 1. The lowest BCUT2D eigenvalue weighted by Gasteiger charge is -2.30. The van der Waals surface area contributed by atoms with Crippen LogP contribution in [0.3, 0.4) is 0 Å². The highest BCUT2D eigenvalue weighted by Crippen LogP contribution is 2.39. The molecule has 3 nitrogen and oxygen atoms in total. The number of halogens is 2. The van der Waals surface area contributed by atoms with Gasteiger partial charge in [-0.3, -0.25) is 0 Å². The maximum absolute atomic E-state index is 14.4. The van der Waals surface area contributed by atoms with Crippen molar-refractivity contribution in [3.63, 3.8) is 0 Å². The zero-order valence-electron chi connectivity index (χ0n) is 9.92. The first-order chi connectivity index (χ1) is 8.68. The van der Waals surface area contributed by atoms with Gasteiger partial charge in [-0.25, -0.2) is 13.8 Å². The SMILES string of the molecule is FC(F)(c1ccc2nc[nH]c2c1)C1CCCNC1. The minimum atomic E-state index is -2.78. The lowest BCUT2D eigenvalue weighted by Crippen LogP contribution is -2.39. The highest BCUT2D eigenvalue weighted by molar-refractivity contribution is 5.75. The summed E-state index contributed by atoms with van der Waals surface area (Å²) in [5, 5.41) is 3.04. The topological polar surface area (TPSA) is 40.7 Å². The maximum atomic E-state index is 14.4. The summed E-state index contributed by atoms with van der Waals surface area (Å²) in [4.78, 5) is 6.92. The number of piperidine rings is 1. The number of alkyl halides is 2. The van der Waals surface area contributed by atoms with Crippen LogP contribution in [-0.4, -0.2) is 23.1 Å². The van der Waals surface area contributed by atoms with Crippen molar-refractivity contribution in [2.75, 3.05) is 13.1 Å². The third-order valence-corrected chi connectivity index (χ3v) is 3.61. The smallest absolute Gasteiger partial charge is 0.277 e. The zero-order valence-corrected chi connectivity index (χ0v) is 9.92. The summed E-state index contributed by atoms with van der Waals surface area (Å²) in [6.45, 7) is 1.22. The molecule has 1 aromatic heterocycles. The molecular formula is C13H15F2N3. The summed E-state index contributed by atoms with van der Waals surface area (Å²) in [6.07, 6.45) is 2.91. The molecule has 3 rings (SSSR count). The quantitative estimate of drug-likeness (QED) is 0.861. The molecule has 0 spiro atoms. The van der Waals surface area contributed by atoms with E-state index in [1.165, 1.54) is 18.5 Å². The largest absolute Gasteiger partial charge is 0.345 e. The highest BCUT2D eigenvalue weighted by Gasteiger charge is 2.41. The van der Waals surface area contributed by atoms with Crippen molar-refractivity contribution < 1.29 is 8.78 Å². The number of H-pyrrole nitrogens is 1. The van der Waals surface area contributed by atoms with E-state index in [9.17, 15) is 8.78 Å². The molecule has 1 aliphatic heterocycles. The molecule has 1 aliphatic rings. The molecule has 2 heterocycles. The average molecular weight is 251 g/mol. The van der Waals surface area contributed by atoms with Gasteiger partial charge in [-0.2, -0.15) is 0 Å². The standard InChI is InChI=1S/C13H15F2N3/c14-13(15,10-2-1-5-16-7-10)9-3-4-11-12(6-9)18-8-17-11/h3-4,6,8,10,16H,1-2,5,7H2,(H,17,18). The van der Waals surface area contributed by atoms with Crippen LogP contribution in [0.15, 0.2) is 24.5 Å². The van der Waals surface area contributed by atoms with Crippen molar-refractivity contribution in [1.29, 1.82) is 0 Å². The second-order valence-electron chi connectivity index (χ2n) is 4.80. The Hall–Kier alpha value is -1.49. The van der Waals surface area contributed by atoms with Gasteiger partial charge in [0.05, 0.1) is 17.4 Å². The number of hydrogen-bond donors (Lipinski definition) is 2.